The summed E-state index contributed by atoms with van der Waals surface area (Å²) in [6, 6.07) is 17.9. The van der Waals surface area contributed by atoms with Crippen LogP contribution in [0.15, 0.2) is 54.6 Å². The molecule has 0 spiro atoms. The van der Waals surface area contributed by atoms with Crippen molar-refractivity contribution in [3.8, 4) is 5.75 Å². The van der Waals surface area contributed by atoms with E-state index in [4.69, 9.17) is 4.74 Å². The normalized spacial score (nSPS) is 18.5. The van der Waals surface area contributed by atoms with Gasteiger partial charge in [0.15, 0.2) is 0 Å². The second kappa shape index (κ2) is 11.9. The molecule has 4 rings (SSSR count). The van der Waals surface area contributed by atoms with Gasteiger partial charge < -0.3 is 19.4 Å². The Morgan fingerprint density at radius 2 is 1.57 bits per heavy atom. The van der Waals surface area contributed by atoms with Crippen LogP contribution in [-0.2, 0) is 27.2 Å². The molecule has 2 heterocycles. The fraction of sp³-hybridized carbons (Fsp3) is 0.464. The molecule has 186 valence electrons. The maximum absolute atomic E-state index is 13.2. The molecule has 0 N–H and O–H groups in total. The number of nitrogens with zero attached hydrogens (tertiary/aromatic N) is 3. The number of benzene rings is 2. The number of methoxy groups -OCH3 is 1. The predicted octanol–water partition coefficient (Wildman–Crippen LogP) is 2.78. The lowest BCUT2D eigenvalue weighted by molar-refractivity contribution is -0.136. The quantitative estimate of drug-likeness (QED) is 0.586. The maximum atomic E-state index is 13.2. The fourth-order valence-corrected chi connectivity index (χ4v) is 4.91. The molecule has 0 bridgehead atoms. The van der Waals surface area contributed by atoms with Crippen molar-refractivity contribution >= 4 is 17.7 Å². The second-order valence-electron chi connectivity index (χ2n) is 9.38. The van der Waals surface area contributed by atoms with Gasteiger partial charge in [0.05, 0.1) is 13.0 Å². The lowest BCUT2D eigenvalue weighted by Gasteiger charge is -2.24. The molecule has 7 heteroatoms. The Kier molecular flexibility index (Phi) is 8.40. The van der Waals surface area contributed by atoms with Crippen molar-refractivity contribution in [1.82, 2.24) is 14.7 Å². The van der Waals surface area contributed by atoms with E-state index in [9.17, 15) is 14.4 Å². The highest BCUT2D eigenvalue weighted by atomic mass is 16.5. The first-order valence-electron chi connectivity index (χ1n) is 12.5. The number of ether oxygens (including phenoxy) is 1. The summed E-state index contributed by atoms with van der Waals surface area (Å²) in [5, 5.41) is 0. The Morgan fingerprint density at radius 3 is 2.31 bits per heavy atom. The minimum atomic E-state index is -0.282. The SMILES string of the molecule is COc1ccc(CCC(=O)N2CCCN(C(=O)[C@@H]3CC(=O)N(CCc4ccccc4)C3)CC2)cc1. The van der Waals surface area contributed by atoms with Gasteiger partial charge in [-0.05, 0) is 42.5 Å². The highest BCUT2D eigenvalue weighted by Gasteiger charge is 2.36. The molecular weight excluding hydrogens is 442 g/mol. The molecule has 0 aliphatic carbocycles. The number of hydrogen-bond donors (Lipinski definition) is 0. The van der Waals surface area contributed by atoms with Crippen LogP contribution < -0.4 is 4.74 Å². The summed E-state index contributed by atoms with van der Waals surface area (Å²) in [6.45, 7) is 3.51. The smallest absolute Gasteiger partial charge is 0.228 e. The van der Waals surface area contributed by atoms with Crippen molar-refractivity contribution in [2.75, 3.05) is 46.4 Å². The van der Waals surface area contributed by atoms with Crippen LogP contribution in [0.25, 0.3) is 0 Å². The largest absolute Gasteiger partial charge is 0.497 e. The van der Waals surface area contributed by atoms with Gasteiger partial charge in [-0.15, -0.1) is 0 Å². The third kappa shape index (κ3) is 6.62. The van der Waals surface area contributed by atoms with Gasteiger partial charge in [0.2, 0.25) is 17.7 Å². The zero-order valence-electron chi connectivity index (χ0n) is 20.5. The Labute approximate surface area is 207 Å². The third-order valence-corrected chi connectivity index (χ3v) is 7.02. The van der Waals surface area contributed by atoms with Gasteiger partial charge in [-0.25, -0.2) is 0 Å². The van der Waals surface area contributed by atoms with E-state index >= 15 is 0 Å². The van der Waals surface area contributed by atoms with Gasteiger partial charge in [0, 0.05) is 52.1 Å². The topological polar surface area (TPSA) is 70.2 Å². The standard InChI is InChI=1S/C28H35N3O4/c1-35-25-11-8-23(9-12-25)10-13-26(32)29-15-5-16-30(19-18-29)28(34)24-20-27(33)31(21-24)17-14-22-6-3-2-4-7-22/h2-4,6-9,11-12,24H,5,10,13-21H2,1H3/t24-/m1/s1. The lowest BCUT2D eigenvalue weighted by atomic mass is 10.1. The van der Waals surface area contributed by atoms with Gasteiger partial charge >= 0.3 is 0 Å². The average molecular weight is 478 g/mol. The number of rotatable bonds is 8. The second-order valence-corrected chi connectivity index (χ2v) is 9.38. The zero-order chi connectivity index (χ0) is 24.6. The first-order chi connectivity index (χ1) is 17.0. The summed E-state index contributed by atoms with van der Waals surface area (Å²) in [4.78, 5) is 44.1. The van der Waals surface area contributed by atoms with Crippen LogP contribution in [0, 0.1) is 5.92 Å². The van der Waals surface area contributed by atoms with E-state index in [1.165, 1.54) is 5.56 Å². The Balaban J connectivity index is 1.23. The van der Waals surface area contributed by atoms with E-state index in [1.54, 1.807) is 7.11 Å². The minimum Gasteiger partial charge on any atom is -0.497 e. The molecule has 2 aromatic carbocycles. The molecule has 2 aliphatic rings. The summed E-state index contributed by atoms with van der Waals surface area (Å²) < 4.78 is 5.18. The van der Waals surface area contributed by atoms with Crippen LogP contribution in [-0.4, -0.2) is 78.8 Å². The van der Waals surface area contributed by atoms with Crippen LogP contribution in [0.5, 0.6) is 5.75 Å². The van der Waals surface area contributed by atoms with Gasteiger partial charge in [0.25, 0.3) is 0 Å². The Morgan fingerprint density at radius 1 is 0.886 bits per heavy atom. The number of likely N-dealkylation sites (tertiary alicyclic amines) is 1. The van der Waals surface area contributed by atoms with E-state index < -0.39 is 0 Å². The third-order valence-electron chi connectivity index (χ3n) is 7.02. The van der Waals surface area contributed by atoms with Crippen molar-refractivity contribution < 1.29 is 19.1 Å². The molecule has 0 unspecified atom stereocenters. The maximum Gasteiger partial charge on any atom is 0.228 e. The summed E-state index contributed by atoms with van der Waals surface area (Å²) in [5.74, 6) is 0.756. The summed E-state index contributed by atoms with van der Waals surface area (Å²) in [5.41, 5.74) is 2.30. The summed E-state index contributed by atoms with van der Waals surface area (Å²) in [6.07, 6.45) is 2.98. The average Bonchev–Trinajstić information content (AvgIpc) is 3.10. The molecule has 3 amide bonds. The van der Waals surface area contributed by atoms with E-state index in [-0.39, 0.29) is 30.1 Å². The molecule has 1 atom stereocenters. The van der Waals surface area contributed by atoms with Crippen molar-refractivity contribution in [2.45, 2.75) is 32.1 Å². The lowest BCUT2D eigenvalue weighted by Crippen LogP contribution is -2.40. The number of amides is 3. The number of aryl methyl sites for hydroxylation is 1. The van der Waals surface area contributed by atoms with E-state index in [2.05, 4.69) is 12.1 Å². The Hall–Kier alpha value is -3.35. The monoisotopic (exact) mass is 477 g/mol. The number of carbonyl (C=O) groups is 3. The summed E-state index contributed by atoms with van der Waals surface area (Å²) in [7, 11) is 1.64. The van der Waals surface area contributed by atoms with Crippen molar-refractivity contribution in [3.63, 3.8) is 0 Å². The van der Waals surface area contributed by atoms with Crippen LogP contribution in [0.4, 0.5) is 0 Å². The molecule has 2 aromatic rings. The summed E-state index contributed by atoms with van der Waals surface area (Å²) >= 11 is 0. The number of carbonyl (C=O) groups excluding carboxylic acids is 3. The molecule has 0 saturated carbocycles. The molecule has 0 radical (unpaired) electrons. The molecule has 2 fully saturated rings. The predicted molar refractivity (Wildman–Crippen MR) is 134 cm³/mol. The minimum absolute atomic E-state index is 0.0492. The van der Waals surface area contributed by atoms with Crippen LogP contribution in [0.2, 0.25) is 0 Å². The molecular formula is C28H35N3O4. The van der Waals surface area contributed by atoms with E-state index in [0.29, 0.717) is 52.1 Å². The fourth-order valence-electron chi connectivity index (χ4n) is 4.91. The molecule has 0 aromatic heterocycles. The number of hydrogen-bond acceptors (Lipinski definition) is 4. The van der Waals surface area contributed by atoms with Gasteiger partial charge in [-0.2, -0.15) is 0 Å². The van der Waals surface area contributed by atoms with Crippen LogP contribution in [0.3, 0.4) is 0 Å². The van der Waals surface area contributed by atoms with Crippen LogP contribution >= 0.6 is 0 Å². The van der Waals surface area contributed by atoms with E-state index in [0.717, 1.165) is 24.2 Å². The highest BCUT2D eigenvalue weighted by molar-refractivity contribution is 5.89. The highest BCUT2D eigenvalue weighted by Crippen LogP contribution is 2.22. The van der Waals surface area contributed by atoms with Gasteiger partial charge in [-0.1, -0.05) is 42.5 Å². The molecule has 2 saturated heterocycles. The van der Waals surface area contributed by atoms with Gasteiger partial charge in [-0.3, -0.25) is 14.4 Å². The van der Waals surface area contributed by atoms with Crippen LogP contribution in [0.1, 0.15) is 30.4 Å². The Bertz CT molecular complexity index is 1010. The zero-order valence-corrected chi connectivity index (χ0v) is 20.5. The molecule has 35 heavy (non-hydrogen) atoms. The van der Waals surface area contributed by atoms with E-state index in [1.807, 2.05) is 57.2 Å². The van der Waals surface area contributed by atoms with Crippen molar-refractivity contribution in [3.05, 3.63) is 65.7 Å². The molecule has 2 aliphatic heterocycles. The van der Waals surface area contributed by atoms with Crippen molar-refractivity contribution in [2.24, 2.45) is 5.92 Å². The first kappa shape index (κ1) is 24.8. The van der Waals surface area contributed by atoms with Crippen molar-refractivity contribution in [1.29, 1.82) is 0 Å². The van der Waals surface area contributed by atoms with Gasteiger partial charge in [0.1, 0.15) is 5.75 Å². The molecule has 7 nitrogen and oxygen atoms in total. The first-order valence-corrected chi connectivity index (χ1v) is 12.5.